The molecule has 0 radical (unpaired) electrons. The standard InChI is InChI=1S/C17H16IN3O3/c1-10-8-11(18)2-6-15(10)20-16-7-5-13(21(23)24)9-14(16)17(22)19-12-3-4-12/h2,5-9,12,20H,3-4H2,1H3,(H,19,22). The summed E-state index contributed by atoms with van der Waals surface area (Å²) in [7, 11) is 0. The highest BCUT2D eigenvalue weighted by molar-refractivity contribution is 14.1. The van der Waals surface area contributed by atoms with Crippen LogP contribution in [0, 0.1) is 20.6 Å². The van der Waals surface area contributed by atoms with E-state index in [1.54, 1.807) is 6.07 Å². The Balaban J connectivity index is 1.95. The van der Waals surface area contributed by atoms with E-state index < -0.39 is 4.92 Å². The van der Waals surface area contributed by atoms with Gasteiger partial charge in [0.25, 0.3) is 11.6 Å². The molecule has 24 heavy (non-hydrogen) atoms. The lowest BCUT2D eigenvalue weighted by Gasteiger charge is -2.14. The summed E-state index contributed by atoms with van der Waals surface area (Å²) in [4.78, 5) is 23.0. The Morgan fingerprint density at radius 3 is 2.54 bits per heavy atom. The fourth-order valence-corrected chi connectivity index (χ4v) is 2.99. The smallest absolute Gasteiger partial charge is 0.270 e. The van der Waals surface area contributed by atoms with Crippen LogP contribution in [0.3, 0.4) is 0 Å². The van der Waals surface area contributed by atoms with Gasteiger partial charge < -0.3 is 10.6 Å². The van der Waals surface area contributed by atoms with Crippen LogP contribution in [-0.4, -0.2) is 16.9 Å². The minimum absolute atomic E-state index is 0.0965. The molecule has 1 aliphatic rings. The molecule has 1 saturated carbocycles. The highest BCUT2D eigenvalue weighted by Crippen LogP contribution is 2.29. The van der Waals surface area contributed by atoms with E-state index in [2.05, 4.69) is 33.2 Å². The first-order valence-corrected chi connectivity index (χ1v) is 8.64. The molecular formula is C17H16IN3O3. The number of hydrogen-bond donors (Lipinski definition) is 2. The predicted octanol–water partition coefficient (Wildman–Crippen LogP) is 4.14. The Hall–Kier alpha value is -2.16. The molecule has 1 fully saturated rings. The second-order valence-corrected chi connectivity index (χ2v) is 7.06. The van der Waals surface area contributed by atoms with E-state index in [-0.39, 0.29) is 23.2 Å². The van der Waals surface area contributed by atoms with Gasteiger partial charge in [-0.2, -0.15) is 0 Å². The Labute approximate surface area is 152 Å². The fourth-order valence-electron chi connectivity index (χ4n) is 2.35. The minimum atomic E-state index is -0.492. The average Bonchev–Trinajstić information content (AvgIpc) is 3.34. The summed E-state index contributed by atoms with van der Waals surface area (Å²) in [6.45, 7) is 1.97. The van der Waals surface area contributed by atoms with Crippen LogP contribution in [0.15, 0.2) is 36.4 Å². The number of non-ortho nitro benzene ring substituents is 1. The first kappa shape index (κ1) is 16.7. The van der Waals surface area contributed by atoms with Gasteiger partial charge in [0.2, 0.25) is 0 Å². The van der Waals surface area contributed by atoms with Crippen LogP contribution in [0.25, 0.3) is 0 Å². The molecule has 0 aliphatic heterocycles. The molecule has 0 spiro atoms. The molecular weight excluding hydrogens is 421 g/mol. The summed E-state index contributed by atoms with van der Waals surface area (Å²) in [5.74, 6) is -0.285. The second-order valence-electron chi connectivity index (χ2n) is 5.82. The molecule has 6 nitrogen and oxygen atoms in total. The number of nitrogens with zero attached hydrogens (tertiary/aromatic N) is 1. The molecule has 0 aromatic heterocycles. The molecule has 2 N–H and O–H groups in total. The third-order valence-electron chi connectivity index (χ3n) is 3.83. The van der Waals surface area contributed by atoms with Crippen LogP contribution in [-0.2, 0) is 0 Å². The number of nitrogens with one attached hydrogen (secondary N) is 2. The van der Waals surface area contributed by atoms with Crippen LogP contribution in [0.5, 0.6) is 0 Å². The van der Waals surface area contributed by atoms with Gasteiger partial charge in [0.15, 0.2) is 0 Å². The molecule has 3 rings (SSSR count). The molecule has 2 aromatic carbocycles. The van der Waals surface area contributed by atoms with Gasteiger partial charge in [-0.1, -0.05) is 0 Å². The summed E-state index contributed by atoms with van der Waals surface area (Å²) in [6, 6.07) is 10.4. The lowest BCUT2D eigenvalue weighted by atomic mass is 10.1. The molecule has 0 saturated heterocycles. The predicted molar refractivity (Wildman–Crippen MR) is 101 cm³/mol. The van der Waals surface area contributed by atoms with E-state index in [4.69, 9.17) is 0 Å². The minimum Gasteiger partial charge on any atom is -0.355 e. The number of carbonyl (C=O) groups excluding carboxylic acids is 1. The van der Waals surface area contributed by atoms with Gasteiger partial charge >= 0.3 is 0 Å². The molecule has 1 aliphatic carbocycles. The normalized spacial score (nSPS) is 13.4. The Kier molecular flexibility index (Phi) is 4.70. The number of benzene rings is 2. The topological polar surface area (TPSA) is 84.3 Å². The van der Waals surface area contributed by atoms with Crippen molar-refractivity contribution in [1.82, 2.24) is 5.32 Å². The van der Waals surface area contributed by atoms with E-state index >= 15 is 0 Å². The maximum absolute atomic E-state index is 12.4. The number of carbonyl (C=O) groups is 1. The van der Waals surface area contributed by atoms with Gasteiger partial charge in [0.05, 0.1) is 16.2 Å². The third kappa shape index (κ3) is 3.84. The van der Waals surface area contributed by atoms with Crippen molar-refractivity contribution >= 4 is 45.6 Å². The molecule has 1 amide bonds. The summed E-state index contributed by atoms with van der Waals surface area (Å²) < 4.78 is 1.12. The van der Waals surface area contributed by atoms with E-state index in [9.17, 15) is 14.9 Å². The monoisotopic (exact) mass is 437 g/mol. The van der Waals surface area contributed by atoms with Crippen molar-refractivity contribution in [1.29, 1.82) is 0 Å². The molecule has 7 heteroatoms. The zero-order valence-corrected chi connectivity index (χ0v) is 15.2. The van der Waals surface area contributed by atoms with Crippen molar-refractivity contribution in [3.8, 4) is 0 Å². The van der Waals surface area contributed by atoms with Crippen LogP contribution in [0.1, 0.15) is 28.8 Å². The molecule has 0 unspecified atom stereocenters. The number of amides is 1. The number of hydrogen-bond acceptors (Lipinski definition) is 4. The molecule has 0 heterocycles. The maximum atomic E-state index is 12.4. The summed E-state index contributed by atoms with van der Waals surface area (Å²) in [5.41, 5.74) is 2.65. The van der Waals surface area contributed by atoms with E-state index in [1.807, 2.05) is 25.1 Å². The number of anilines is 2. The number of aryl methyl sites for hydroxylation is 1. The Morgan fingerprint density at radius 2 is 1.92 bits per heavy atom. The summed E-state index contributed by atoms with van der Waals surface area (Å²) in [6.07, 6.45) is 1.92. The van der Waals surface area contributed by atoms with E-state index in [0.717, 1.165) is 27.7 Å². The van der Waals surface area contributed by atoms with Gasteiger partial charge in [-0.3, -0.25) is 14.9 Å². The first-order valence-electron chi connectivity index (χ1n) is 7.56. The van der Waals surface area contributed by atoms with Crippen LogP contribution >= 0.6 is 22.6 Å². The number of rotatable bonds is 5. The van der Waals surface area contributed by atoms with Crippen LogP contribution < -0.4 is 10.6 Å². The first-order chi connectivity index (χ1) is 11.4. The van der Waals surface area contributed by atoms with Gasteiger partial charge in [0, 0.05) is 27.4 Å². The van der Waals surface area contributed by atoms with Crippen LogP contribution in [0.4, 0.5) is 17.1 Å². The van der Waals surface area contributed by atoms with Crippen molar-refractivity contribution in [3.63, 3.8) is 0 Å². The van der Waals surface area contributed by atoms with Gasteiger partial charge in [0.1, 0.15) is 0 Å². The Bertz CT molecular complexity index is 819. The van der Waals surface area contributed by atoms with E-state index in [1.165, 1.54) is 12.1 Å². The van der Waals surface area contributed by atoms with Gasteiger partial charge in [-0.15, -0.1) is 0 Å². The quantitative estimate of drug-likeness (QED) is 0.419. The lowest BCUT2D eigenvalue weighted by molar-refractivity contribution is -0.384. The lowest BCUT2D eigenvalue weighted by Crippen LogP contribution is -2.26. The summed E-state index contributed by atoms with van der Waals surface area (Å²) in [5, 5.41) is 17.1. The largest absolute Gasteiger partial charge is 0.355 e. The van der Waals surface area contributed by atoms with Gasteiger partial charge in [-0.25, -0.2) is 0 Å². The van der Waals surface area contributed by atoms with Crippen molar-refractivity contribution in [3.05, 3.63) is 61.2 Å². The highest BCUT2D eigenvalue weighted by atomic mass is 127. The van der Waals surface area contributed by atoms with Crippen molar-refractivity contribution < 1.29 is 9.72 Å². The SMILES string of the molecule is Cc1cc(I)ccc1Nc1ccc([N+](=O)[O-])cc1C(=O)NC1CC1. The number of nitro groups is 1. The van der Waals surface area contributed by atoms with Crippen molar-refractivity contribution in [2.45, 2.75) is 25.8 Å². The Morgan fingerprint density at radius 1 is 1.21 bits per heavy atom. The van der Waals surface area contributed by atoms with Crippen LogP contribution in [0.2, 0.25) is 0 Å². The molecule has 124 valence electrons. The van der Waals surface area contributed by atoms with Crippen molar-refractivity contribution in [2.75, 3.05) is 5.32 Å². The van der Waals surface area contributed by atoms with Gasteiger partial charge in [-0.05, 0) is 72.2 Å². The van der Waals surface area contributed by atoms with Crippen molar-refractivity contribution in [2.24, 2.45) is 0 Å². The zero-order valence-electron chi connectivity index (χ0n) is 13.0. The molecule has 0 atom stereocenters. The number of halogens is 1. The molecule has 2 aromatic rings. The zero-order chi connectivity index (χ0) is 17.3. The molecule has 0 bridgehead atoms. The third-order valence-corrected chi connectivity index (χ3v) is 4.50. The fraction of sp³-hybridized carbons (Fsp3) is 0.235. The maximum Gasteiger partial charge on any atom is 0.270 e. The second kappa shape index (κ2) is 6.76. The highest BCUT2D eigenvalue weighted by Gasteiger charge is 2.26. The summed E-state index contributed by atoms with van der Waals surface area (Å²) >= 11 is 2.24. The number of nitro benzene ring substituents is 1. The average molecular weight is 437 g/mol. The van der Waals surface area contributed by atoms with E-state index in [0.29, 0.717) is 5.69 Å².